The minimum atomic E-state index is -0.612. The molecule has 3 amide bonds. The van der Waals surface area contributed by atoms with Crippen molar-refractivity contribution in [1.82, 2.24) is 15.5 Å². The van der Waals surface area contributed by atoms with E-state index in [4.69, 9.17) is 4.74 Å². The third kappa shape index (κ3) is 6.36. The van der Waals surface area contributed by atoms with Gasteiger partial charge in [-0.25, -0.2) is 0 Å². The summed E-state index contributed by atoms with van der Waals surface area (Å²) in [5.74, 6) is 1.05. The first-order chi connectivity index (χ1) is 17.0. The Labute approximate surface area is 209 Å². The third-order valence-corrected chi connectivity index (χ3v) is 8.19. The average molecular weight is 484 g/mol. The lowest BCUT2D eigenvalue weighted by Gasteiger charge is -2.42. The highest BCUT2D eigenvalue weighted by Crippen LogP contribution is 2.39. The highest BCUT2D eigenvalue weighted by molar-refractivity contribution is 5.90. The summed E-state index contributed by atoms with van der Waals surface area (Å²) < 4.78 is 5.92. The predicted octanol–water partition coefficient (Wildman–Crippen LogP) is 3.60. The maximum Gasteiger partial charge on any atom is 0.242 e. The van der Waals surface area contributed by atoms with E-state index in [2.05, 4.69) is 16.7 Å². The van der Waals surface area contributed by atoms with Gasteiger partial charge in [0.05, 0.1) is 12.0 Å². The van der Waals surface area contributed by atoms with Gasteiger partial charge in [-0.2, -0.15) is 0 Å². The zero-order valence-corrected chi connectivity index (χ0v) is 21.2. The molecule has 7 heteroatoms. The van der Waals surface area contributed by atoms with Gasteiger partial charge in [-0.1, -0.05) is 43.9 Å². The van der Waals surface area contributed by atoms with E-state index >= 15 is 0 Å². The number of nitrogens with zero attached hydrogens (tertiary/aromatic N) is 1. The first-order valence-corrected chi connectivity index (χ1v) is 13.6. The summed E-state index contributed by atoms with van der Waals surface area (Å²) >= 11 is 0. The van der Waals surface area contributed by atoms with Crippen molar-refractivity contribution in [3.63, 3.8) is 0 Å². The van der Waals surface area contributed by atoms with E-state index < -0.39 is 11.5 Å². The number of aryl methyl sites for hydroxylation is 1. The Morgan fingerprint density at radius 1 is 1.00 bits per heavy atom. The van der Waals surface area contributed by atoms with Crippen LogP contribution in [0.25, 0.3) is 0 Å². The first-order valence-electron chi connectivity index (χ1n) is 13.6. The number of hydrogen-bond donors (Lipinski definition) is 2. The van der Waals surface area contributed by atoms with Gasteiger partial charge in [-0.15, -0.1) is 0 Å². The van der Waals surface area contributed by atoms with E-state index in [1.54, 1.807) is 6.92 Å². The molecule has 0 radical (unpaired) electrons. The average Bonchev–Trinajstić information content (AvgIpc) is 2.89. The molecule has 0 bridgehead atoms. The minimum absolute atomic E-state index is 0.0450. The fourth-order valence-corrected chi connectivity index (χ4v) is 5.89. The molecule has 1 spiro atoms. The monoisotopic (exact) mass is 483 g/mol. The lowest BCUT2D eigenvalue weighted by atomic mass is 9.73. The number of para-hydroxylation sites is 1. The summed E-state index contributed by atoms with van der Waals surface area (Å²) in [6.07, 6.45) is 10.4. The predicted molar refractivity (Wildman–Crippen MR) is 135 cm³/mol. The molecule has 1 saturated heterocycles. The Kier molecular flexibility index (Phi) is 8.69. The number of benzene rings is 1. The molecule has 1 aromatic rings. The van der Waals surface area contributed by atoms with Crippen LogP contribution >= 0.6 is 0 Å². The molecular formula is C28H41N3O4. The highest BCUT2D eigenvalue weighted by Gasteiger charge is 2.43. The van der Waals surface area contributed by atoms with Gasteiger partial charge in [0.1, 0.15) is 18.4 Å². The summed E-state index contributed by atoms with van der Waals surface area (Å²) in [4.78, 5) is 41.2. The fourth-order valence-electron chi connectivity index (χ4n) is 5.89. The molecule has 7 nitrogen and oxygen atoms in total. The van der Waals surface area contributed by atoms with Crippen LogP contribution in [0, 0.1) is 11.3 Å². The number of carbonyl (C=O) groups excluding carboxylic acids is 3. The van der Waals surface area contributed by atoms with Crippen LogP contribution < -0.4 is 15.4 Å². The summed E-state index contributed by atoms with van der Waals surface area (Å²) in [5.41, 5.74) is 0.627. The summed E-state index contributed by atoms with van der Waals surface area (Å²) in [6, 6.07) is 7.44. The molecule has 0 unspecified atom stereocenters. The van der Waals surface area contributed by atoms with Crippen LogP contribution in [0.4, 0.5) is 0 Å². The van der Waals surface area contributed by atoms with Crippen LogP contribution in [0.5, 0.6) is 5.75 Å². The number of amides is 3. The molecular weight excluding hydrogens is 442 g/mol. The zero-order valence-electron chi connectivity index (χ0n) is 21.2. The van der Waals surface area contributed by atoms with Crippen molar-refractivity contribution >= 4 is 17.7 Å². The Balaban J connectivity index is 1.45. The molecule has 4 rings (SSSR count). The number of piperidine rings is 1. The molecule has 192 valence electrons. The van der Waals surface area contributed by atoms with Crippen molar-refractivity contribution in [2.45, 2.75) is 83.6 Å². The lowest BCUT2D eigenvalue weighted by Crippen LogP contribution is -2.55. The van der Waals surface area contributed by atoms with E-state index in [1.807, 2.05) is 23.1 Å². The minimum Gasteiger partial charge on any atom is -0.491 e. The van der Waals surface area contributed by atoms with Crippen LogP contribution in [0.3, 0.4) is 0 Å². The van der Waals surface area contributed by atoms with Crippen molar-refractivity contribution in [3.05, 3.63) is 29.8 Å². The van der Waals surface area contributed by atoms with Crippen molar-refractivity contribution in [2.24, 2.45) is 11.3 Å². The number of carbonyl (C=O) groups is 3. The SMILES string of the molecule is C[C@@H]1NC(=O)C2(CCCCc3ccccc3OCCNC1=O)CCN(C(=O)C1CCCCC1)CC2. The van der Waals surface area contributed by atoms with Crippen molar-refractivity contribution in [1.29, 1.82) is 0 Å². The molecule has 2 aliphatic heterocycles. The van der Waals surface area contributed by atoms with Gasteiger partial charge in [0, 0.05) is 19.0 Å². The molecule has 2 N–H and O–H groups in total. The highest BCUT2D eigenvalue weighted by atomic mass is 16.5. The normalized spacial score (nSPS) is 24.8. The largest absolute Gasteiger partial charge is 0.491 e. The van der Waals surface area contributed by atoms with E-state index in [-0.39, 0.29) is 23.6 Å². The lowest BCUT2D eigenvalue weighted by molar-refractivity contribution is -0.145. The van der Waals surface area contributed by atoms with Gasteiger partial charge in [0.25, 0.3) is 0 Å². The summed E-state index contributed by atoms with van der Waals surface area (Å²) in [6.45, 7) is 3.76. The molecule has 1 saturated carbocycles. The standard InChI is InChI=1S/C28H41N3O4/c1-21-25(32)29-17-20-35-24-13-6-5-9-22(24)10-7-8-14-28(27(34)30-21)15-18-31(19-16-28)26(33)23-11-3-2-4-12-23/h5-6,9,13,21,23H,2-4,7-8,10-12,14-20H2,1H3,(H,29,32)(H,30,34)/t21-/m0/s1. The maximum absolute atomic E-state index is 13.5. The van der Waals surface area contributed by atoms with Crippen LogP contribution in [-0.4, -0.2) is 54.9 Å². The van der Waals surface area contributed by atoms with Gasteiger partial charge in [0.15, 0.2) is 0 Å². The number of nitrogens with one attached hydrogen (secondary N) is 2. The van der Waals surface area contributed by atoms with E-state index in [1.165, 1.54) is 6.42 Å². The quantitative estimate of drug-likeness (QED) is 0.639. The number of ether oxygens (including phenoxy) is 1. The molecule has 1 aliphatic carbocycles. The second kappa shape index (κ2) is 11.9. The van der Waals surface area contributed by atoms with Crippen molar-refractivity contribution in [2.75, 3.05) is 26.2 Å². The Hall–Kier alpha value is -2.57. The van der Waals surface area contributed by atoms with Crippen LogP contribution in [0.2, 0.25) is 0 Å². The molecule has 1 atom stereocenters. The van der Waals surface area contributed by atoms with Gasteiger partial charge < -0.3 is 20.3 Å². The van der Waals surface area contributed by atoms with E-state index in [0.29, 0.717) is 39.1 Å². The van der Waals surface area contributed by atoms with Gasteiger partial charge in [-0.05, 0) is 63.5 Å². The third-order valence-electron chi connectivity index (χ3n) is 8.19. The Morgan fingerprint density at radius 2 is 1.74 bits per heavy atom. The first kappa shape index (κ1) is 25.5. The Bertz CT molecular complexity index is 888. The molecule has 0 aromatic heterocycles. The van der Waals surface area contributed by atoms with E-state index in [0.717, 1.165) is 62.7 Å². The van der Waals surface area contributed by atoms with Crippen LogP contribution in [0.15, 0.2) is 24.3 Å². The van der Waals surface area contributed by atoms with Gasteiger partial charge in [0.2, 0.25) is 17.7 Å². The topological polar surface area (TPSA) is 87.7 Å². The van der Waals surface area contributed by atoms with E-state index in [9.17, 15) is 14.4 Å². The van der Waals surface area contributed by atoms with Crippen LogP contribution in [-0.2, 0) is 20.8 Å². The van der Waals surface area contributed by atoms with Gasteiger partial charge >= 0.3 is 0 Å². The summed E-state index contributed by atoms with van der Waals surface area (Å²) in [5, 5.41) is 5.86. The maximum atomic E-state index is 13.5. The molecule has 3 aliphatic rings. The molecule has 2 fully saturated rings. The summed E-state index contributed by atoms with van der Waals surface area (Å²) in [7, 11) is 0. The van der Waals surface area contributed by atoms with Crippen molar-refractivity contribution < 1.29 is 19.1 Å². The molecule has 1 aromatic carbocycles. The fraction of sp³-hybridized carbons (Fsp3) is 0.679. The van der Waals surface area contributed by atoms with Gasteiger partial charge in [-0.3, -0.25) is 14.4 Å². The number of rotatable bonds is 1. The number of fused-ring (bicyclic) bond motifs is 1. The van der Waals surface area contributed by atoms with Crippen LogP contribution in [0.1, 0.15) is 76.7 Å². The van der Waals surface area contributed by atoms with Crippen molar-refractivity contribution in [3.8, 4) is 5.75 Å². The number of hydrogen-bond acceptors (Lipinski definition) is 4. The number of likely N-dealkylation sites (tertiary alicyclic amines) is 1. The zero-order chi connectivity index (χ0) is 24.7. The second-order valence-corrected chi connectivity index (χ2v) is 10.6. The molecule has 35 heavy (non-hydrogen) atoms. The molecule has 2 heterocycles. The smallest absolute Gasteiger partial charge is 0.242 e. The second-order valence-electron chi connectivity index (χ2n) is 10.6. The Morgan fingerprint density at radius 3 is 2.51 bits per heavy atom.